The van der Waals surface area contributed by atoms with E-state index in [1.165, 1.54) is 4.90 Å². The molecular weight excluding hydrogens is 347 g/mol. The number of morpholine rings is 1. The number of carbonyl (C=O) groups is 1. The van der Waals surface area contributed by atoms with Crippen molar-refractivity contribution < 1.29 is 18.8 Å². The van der Waals surface area contributed by atoms with Crippen LogP contribution in [0.3, 0.4) is 0 Å². The Bertz CT molecular complexity index is 586. The Hall–Kier alpha value is -1.54. The van der Waals surface area contributed by atoms with Gasteiger partial charge in [0.1, 0.15) is 10.3 Å². The van der Waals surface area contributed by atoms with Crippen molar-refractivity contribution in [2.75, 3.05) is 13.1 Å². The Morgan fingerprint density at radius 1 is 1.43 bits per heavy atom. The summed E-state index contributed by atoms with van der Waals surface area (Å²) in [5, 5.41) is 10.9. The number of ether oxygens (including phenoxy) is 1. The van der Waals surface area contributed by atoms with E-state index >= 15 is 0 Å². The van der Waals surface area contributed by atoms with Gasteiger partial charge in [0.05, 0.1) is 28.8 Å². The molecule has 2 atom stereocenters. The number of nitro benzene ring substituents is 1. The molecule has 0 bridgehead atoms. The smallest absolute Gasteiger partial charge is 0.287 e. The Balaban J connectivity index is 2.37. The topological polar surface area (TPSA) is 72.7 Å². The number of benzene rings is 1. The Morgan fingerprint density at radius 2 is 2.00 bits per heavy atom. The van der Waals surface area contributed by atoms with Crippen LogP contribution in [0.1, 0.15) is 24.2 Å². The first-order valence-electron chi connectivity index (χ1n) is 6.37. The molecule has 1 aliphatic rings. The van der Waals surface area contributed by atoms with Crippen molar-refractivity contribution in [3.8, 4) is 0 Å². The van der Waals surface area contributed by atoms with Gasteiger partial charge in [0.2, 0.25) is 0 Å². The summed E-state index contributed by atoms with van der Waals surface area (Å²) in [5.41, 5.74) is -0.518. The molecule has 0 radical (unpaired) electrons. The van der Waals surface area contributed by atoms with Crippen LogP contribution in [0.2, 0.25) is 0 Å². The van der Waals surface area contributed by atoms with E-state index in [0.717, 1.165) is 12.1 Å². The molecule has 0 aromatic heterocycles. The lowest BCUT2D eigenvalue weighted by Crippen LogP contribution is -2.48. The third-order valence-electron chi connectivity index (χ3n) is 3.15. The summed E-state index contributed by atoms with van der Waals surface area (Å²) in [7, 11) is 0. The highest BCUT2D eigenvalue weighted by molar-refractivity contribution is 9.10. The molecule has 1 aromatic rings. The average Bonchev–Trinajstić information content (AvgIpc) is 2.38. The van der Waals surface area contributed by atoms with Crippen molar-refractivity contribution in [3.05, 3.63) is 38.1 Å². The summed E-state index contributed by atoms with van der Waals surface area (Å²) >= 11 is 3.03. The van der Waals surface area contributed by atoms with Crippen LogP contribution in [-0.2, 0) is 4.74 Å². The van der Waals surface area contributed by atoms with Crippen LogP contribution in [0.15, 0.2) is 16.6 Å². The minimum Gasteiger partial charge on any atom is -0.372 e. The number of carbonyl (C=O) groups excluding carboxylic acids is 1. The fraction of sp³-hybridized carbons (Fsp3) is 0.462. The van der Waals surface area contributed by atoms with E-state index in [2.05, 4.69) is 15.9 Å². The van der Waals surface area contributed by atoms with E-state index in [4.69, 9.17) is 4.74 Å². The third kappa shape index (κ3) is 3.38. The summed E-state index contributed by atoms with van der Waals surface area (Å²) in [5.74, 6) is -1.27. The quantitative estimate of drug-likeness (QED) is 0.600. The van der Waals surface area contributed by atoms with Gasteiger partial charge in [-0.25, -0.2) is 4.39 Å². The van der Waals surface area contributed by atoms with Crippen LogP contribution in [0.4, 0.5) is 10.1 Å². The molecular formula is C13H14BrFN2O4. The van der Waals surface area contributed by atoms with Crippen LogP contribution in [0.5, 0.6) is 0 Å². The van der Waals surface area contributed by atoms with Crippen LogP contribution >= 0.6 is 15.9 Å². The standard InChI is InChI=1S/C13H14BrFN2O4/c1-7-5-16(6-8(2)21-7)13(18)10-3-9(15)4-11(12(10)14)17(19)20/h3-4,7-8H,5-6H2,1-2H3/t7-,8-/m0/s1. The molecule has 1 amide bonds. The Labute approximate surface area is 129 Å². The number of nitrogens with zero attached hydrogens (tertiary/aromatic N) is 2. The van der Waals surface area contributed by atoms with Crippen molar-refractivity contribution in [2.24, 2.45) is 0 Å². The molecule has 21 heavy (non-hydrogen) atoms. The normalized spacial score (nSPS) is 22.2. The fourth-order valence-electron chi connectivity index (χ4n) is 2.38. The molecule has 8 heteroatoms. The minimum atomic E-state index is -0.817. The van der Waals surface area contributed by atoms with Gasteiger partial charge < -0.3 is 9.64 Å². The van der Waals surface area contributed by atoms with Gasteiger partial charge in [0, 0.05) is 13.1 Å². The zero-order valence-electron chi connectivity index (χ0n) is 11.5. The van der Waals surface area contributed by atoms with Crippen molar-refractivity contribution >= 4 is 27.5 Å². The molecule has 0 N–H and O–H groups in total. The summed E-state index contributed by atoms with van der Waals surface area (Å²) in [6.45, 7) is 4.39. The highest BCUT2D eigenvalue weighted by Crippen LogP contribution is 2.31. The second-order valence-corrected chi connectivity index (χ2v) is 5.80. The molecule has 0 unspecified atom stereocenters. The SMILES string of the molecule is C[C@H]1CN(C(=O)c2cc(F)cc([N+](=O)[O-])c2Br)C[C@H](C)O1. The monoisotopic (exact) mass is 360 g/mol. The van der Waals surface area contributed by atoms with Gasteiger partial charge in [-0.05, 0) is 35.8 Å². The average molecular weight is 361 g/mol. The van der Waals surface area contributed by atoms with E-state index in [1.807, 2.05) is 13.8 Å². The van der Waals surface area contributed by atoms with E-state index in [9.17, 15) is 19.3 Å². The molecule has 6 nitrogen and oxygen atoms in total. The van der Waals surface area contributed by atoms with E-state index < -0.39 is 22.3 Å². The second-order valence-electron chi connectivity index (χ2n) is 5.01. The summed E-state index contributed by atoms with van der Waals surface area (Å²) in [6.07, 6.45) is -0.278. The van der Waals surface area contributed by atoms with E-state index in [-0.39, 0.29) is 22.2 Å². The largest absolute Gasteiger partial charge is 0.372 e. The molecule has 1 aromatic carbocycles. The highest BCUT2D eigenvalue weighted by Gasteiger charge is 2.30. The van der Waals surface area contributed by atoms with Gasteiger partial charge in [-0.1, -0.05) is 0 Å². The molecule has 0 aliphatic carbocycles. The van der Waals surface area contributed by atoms with E-state index in [1.54, 1.807) is 0 Å². The summed E-state index contributed by atoms with van der Waals surface area (Å²) in [4.78, 5) is 24.2. The molecule has 1 fully saturated rings. The van der Waals surface area contributed by atoms with Gasteiger partial charge in [-0.3, -0.25) is 14.9 Å². The molecule has 0 saturated carbocycles. The Morgan fingerprint density at radius 3 is 2.52 bits per heavy atom. The van der Waals surface area contributed by atoms with Crippen LogP contribution in [-0.4, -0.2) is 41.0 Å². The fourth-order valence-corrected chi connectivity index (χ4v) is 2.92. The van der Waals surface area contributed by atoms with Gasteiger partial charge >= 0.3 is 0 Å². The number of amides is 1. The lowest BCUT2D eigenvalue weighted by atomic mass is 10.1. The second kappa shape index (κ2) is 6.07. The molecule has 114 valence electrons. The van der Waals surface area contributed by atoms with Crippen LogP contribution in [0, 0.1) is 15.9 Å². The van der Waals surface area contributed by atoms with Crippen molar-refractivity contribution in [1.29, 1.82) is 0 Å². The highest BCUT2D eigenvalue weighted by atomic mass is 79.9. The van der Waals surface area contributed by atoms with Crippen molar-refractivity contribution in [2.45, 2.75) is 26.1 Å². The number of nitro groups is 1. The number of hydrogen-bond donors (Lipinski definition) is 0. The predicted molar refractivity (Wildman–Crippen MR) is 76.7 cm³/mol. The van der Waals surface area contributed by atoms with Gasteiger partial charge in [0.25, 0.3) is 11.6 Å². The van der Waals surface area contributed by atoms with Crippen LogP contribution in [0.25, 0.3) is 0 Å². The number of hydrogen-bond acceptors (Lipinski definition) is 4. The number of rotatable bonds is 2. The third-order valence-corrected chi connectivity index (χ3v) is 3.99. The molecule has 1 heterocycles. The molecule has 2 rings (SSSR count). The lowest BCUT2D eigenvalue weighted by Gasteiger charge is -2.35. The van der Waals surface area contributed by atoms with Gasteiger partial charge in [-0.2, -0.15) is 0 Å². The molecule has 1 saturated heterocycles. The first kappa shape index (κ1) is 15.8. The first-order valence-corrected chi connectivity index (χ1v) is 7.17. The summed E-state index contributed by atoms with van der Waals surface area (Å²) in [6, 6.07) is 1.79. The number of halogens is 2. The van der Waals surface area contributed by atoms with Crippen molar-refractivity contribution in [3.63, 3.8) is 0 Å². The van der Waals surface area contributed by atoms with Gasteiger partial charge in [-0.15, -0.1) is 0 Å². The molecule has 1 aliphatic heterocycles. The maximum absolute atomic E-state index is 13.5. The van der Waals surface area contributed by atoms with Gasteiger partial charge in [0.15, 0.2) is 0 Å². The lowest BCUT2D eigenvalue weighted by molar-refractivity contribution is -0.385. The Kier molecular flexibility index (Phi) is 4.58. The zero-order chi connectivity index (χ0) is 15.7. The van der Waals surface area contributed by atoms with Crippen LogP contribution < -0.4 is 0 Å². The first-order chi connectivity index (χ1) is 9.79. The summed E-state index contributed by atoms with van der Waals surface area (Å²) < 4.78 is 19.0. The van der Waals surface area contributed by atoms with E-state index in [0.29, 0.717) is 13.1 Å². The molecule has 0 spiro atoms. The zero-order valence-corrected chi connectivity index (χ0v) is 13.1. The predicted octanol–water partition coefficient (Wildman–Crippen LogP) is 2.75. The minimum absolute atomic E-state index is 0.00861. The maximum atomic E-state index is 13.5. The maximum Gasteiger partial charge on any atom is 0.287 e. The van der Waals surface area contributed by atoms with Crippen molar-refractivity contribution in [1.82, 2.24) is 4.90 Å².